The van der Waals surface area contributed by atoms with Crippen LogP contribution in [0.5, 0.6) is 0 Å². The molecule has 0 bridgehead atoms. The molecule has 0 aliphatic heterocycles. The van der Waals surface area contributed by atoms with Crippen LogP contribution in [0.2, 0.25) is 0 Å². The number of thioether (sulfide) groups is 1. The van der Waals surface area contributed by atoms with Crippen molar-refractivity contribution in [2.45, 2.75) is 44.9 Å². The van der Waals surface area contributed by atoms with Gasteiger partial charge in [-0.15, -0.1) is 12.4 Å². The largest absolute Gasteiger partial charge is 0.349 e. The minimum Gasteiger partial charge on any atom is -0.349 e. The first-order chi connectivity index (χ1) is 6.84. The lowest BCUT2D eigenvalue weighted by molar-refractivity contribution is -0.122. The van der Waals surface area contributed by atoms with E-state index in [4.69, 9.17) is 5.73 Å². The Bertz CT molecular complexity index is 214. The summed E-state index contributed by atoms with van der Waals surface area (Å²) in [6.07, 6.45) is 2.85. The van der Waals surface area contributed by atoms with Crippen LogP contribution in [-0.4, -0.2) is 29.5 Å². The molecule has 2 unspecified atom stereocenters. The molecule has 0 saturated heterocycles. The molecule has 0 heterocycles. The highest BCUT2D eigenvalue weighted by atomic mass is 35.5. The number of carbonyl (C=O) groups is 1. The fourth-order valence-electron chi connectivity index (χ4n) is 1.59. The quantitative estimate of drug-likeness (QED) is 0.775. The van der Waals surface area contributed by atoms with Crippen molar-refractivity contribution in [1.82, 2.24) is 5.32 Å². The molecule has 0 spiro atoms. The first-order valence-corrected chi connectivity index (χ1v) is 6.68. The Hall–Kier alpha value is 0.0700. The number of hydrogen-bond donors (Lipinski definition) is 2. The molecule has 98 valence electrons. The molecule has 0 saturated carbocycles. The van der Waals surface area contributed by atoms with Crippen LogP contribution in [0, 0.1) is 5.92 Å². The number of amides is 1. The van der Waals surface area contributed by atoms with E-state index in [0.29, 0.717) is 12.5 Å². The Labute approximate surface area is 110 Å². The first kappa shape index (κ1) is 18.4. The van der Waals surface area contributed by atoms with E-state index in [1.54, 1.807) is 11.8 Å². The van der Waals surface area contributed by atoms with Gasteiger partial charge in [-0.3, -0.25) is 4.79 Å². The summed E-state index contributed by atoms with van der Waals surface area (Å²) in [6.45, 7) is 8.68. The van der Waals surface area contributed by atoms with E-state index in [-0.39, 0.29) is 29.1 Å². The molecule has 0 fully saturated rings. The van der Waals surface area contributed by atoms with Crippen LogP contribution in [0.1, 0.15) is 34.1 Å². The molecule has 16 heavy (non-hydrogen) atoms. The predicted molar refractivity (Wildman–Crippen MR) is 75.3 cm³/mol. The molecule has 0 aromatic heterocycles. The van der Waals surface area contributed by atoms with Gasteiger partial charge in [-0.25, -0.2) is 0 Å². The van der Waals surface area contributed by atoms with Gasteiger partial charge < -0.3 is 11.1 Å². The van der Waals surface area contributed by atoms with E-state index < -0.39 is 0 Å². The van der Waals surface area contributed by atoms with Gasteiger partial charge in [0.2, 0.25) is 5.91 Å². The summed E-state index contributed by atoms with van der Waals surface area (Å²) in [6, 6.07) is 0. The molecule has 0 aromatic carbocycles. The minimum absolute atomic E-state index is 0. The highest BCUT2D eigenvalue weighted by molar-refractivity contribution is 7.99. The van der Waals surface area contributed by atoms with E-state index in [1.165, 1.54) is 0 Å². The van der Waals surface area contributed by atoms with Crippen molar-refractivity contribution in [1.29, 1.82) is 0 Å². The maximum atomic E-state index is 11.7. The van der Waals surface area contributed by atoms with Crippen molar-refractivity contribution in [3.63, 3.8) is 0 Å². The second-order valence-corrected chi connectivity index (χ2v) is 5.91. The van der Waals surface area contributed by atoms with Gasteiger partial charge in [0, 0.05) is 12.1 Å². The lowest BCUT2D eigenvalue weighted by atomic mass is 9.90. The fourth-order valence-corrected chi connectivity index (χ4v) is 1.87. The van der Waals surface area contributed by atoms with E-state index in [0.717, 1.165) is 6.42 Å². The van der Waals surface area contributed by atoms with Crippen molar-refractivity contribution >= 4 is 30.1 Å². The van der Waals surface area contributed by atoms with Crippen LogP contribution in [0.15, 0.2) is 0 Å². The van der Waals surface area contributed by atoms with Gasteiger partial charge in [-0.05, 0) is 32.4 Å². The SMILES string of the molecule is CSC(C)C(=O)NC(C)(CN)CC(C)C.Cl. The summed E-state index contributed by atoms with van der Waals surface area (Å²) < 4.78 is 0. The van der Waals surface area contributed by atoms with E-state index >= 15 is 0 Å². The van der Waals surface area contributed by atoms with E-state index in [2.05, 4.69) is 19.2 Å². The maximum absolute atomic E-state index is 11.7. The van der Waals surface area contributed by atoms with Crippen molar-refractivity contribution < 1.29 is 4.79 Å². The van der Waals surface area contributed by atoms with Crippen molar-refractivity contribution in [3.05, 3.63) is 0 Å². The third kappa shape index (κ3) is 6.61. The van der Waals surface area contributed by atoms with Gasteiger partial charge in [-0.2, -0.15) is 11.8 Å². The lowest BCUT2D eigenvalue weighted by Gasteiger charge is -2.32. The number of hydrogen-bond acceptors (Lipinski definition) is 3. The predicted octanol–water partition coefficient (Wildman–Crippen LogP) is 2.04. The molecule has 0 aliphatic rings. The molecule has 3 nitrogen and oxygen atoms in total. The molecule has 0 aliphatic carbocycles. The highest BCUT2D eigenvalue weighted by Crippen LogP contribution is 2.16. The monoisotopic (exact) mass is 268 g/mol. The third-order valence-electron chi connectivity index (χ3n) is 2.46. The molecular weight excluding hydrogens is 244 g/mol. The van der Waals surface area contributed by atoms with Gasteiger partial charge in [0.25, 0.3) is 0 Å². The molecule has 1 amide bonds. The smallest absolute Gasteiger partial charge is 0.233 e. The summed E-state index contributed by atoms with van der Waals surface area (Å²) >= 11 is 1.55. The van der Waals surface area contributed by atoms with Crippen LogP contribution < -0.4 is 11.1 Å². The lowest BCUT2D eigenvalue weighted by Crippen LogP contribution is -2.54. The zero-order chi connectivity index (χ0) is 12.1. The van der Waals surface area contributed by atoms with Gasteiger partial charge in [0.05, 0.1) is 5.25 Å². The van der Waals surface area contributed by atoms with Crippen LogP contribution in [0.25, 0.3) is 0 Å². The van der Waals surface area contributed by atoms with Crippen LogP contribution in [0.3, 0.4) is 0 Å². The van der Waals surface area contributed by atoms with Crippen molar-refractivity contribution in [2.75, 3.05) is 12.8 Å². The molecule has 0 rings (SSSR count). The third-order valence-corrected chi connectivity index (χ3v) is 3.38. The van der Waals surface area contributed by atoms with Crippen LogP contribution >= 0.6 is 24.2 Å². The van der Waals surface area contributed by atoms with Crippen LogP contribution in [0.4, 0.5) is 0 Å². The van der Waals surface area contributed by atoms with E-state index in [1.807, 2.05) is 20.1 Å². The topological polar surface area (TPSA) is 55.1 Å². The van der Waals surface area contributed by atoms with Crippen molar-refractivity contribution in [3.8, 4) is 0 Å². The number of rotatable bonds is 6. The second-order valence-electron chi connectivity index (χ2n) is 4.73. The average Bonchev–Trinajstić information content (AvgIpc) is 2.15. The number of nitrogens with one attached hydrogen (secondary N) is 1. The normalized spacial score (nSPS) is 16.2. The minimum atomic E-state index is -0.269. The number of nitrogens with two attached hydrogens (primary N) is 1. The zero-order valence-corrected chi connectivity index (χ0v) is 12.5. The number of halogens is 1. The zero-order valence-electron chi connectivity index (χ0n) is 10.9. The molecule has 2 atom stereocenters. The Balaban J connectivity index is 0. The summed E-state index contributed by atoms with van der Waals surface area (Å²) in [5.74, 6) is 0.611. The Morgan fingerprint density at radius 1 is 1.44 bits per heavy atom. The Kier molecular flexibility index (Phi) is 9.45. The fraction of sp³-hybridized carbons (Fsp3) is 0.909. The van der Waals surface area contributed by atoms with Gasteiger partial charge in [-0.1, -0.05) is 13.8 Å². The summed E-state index contributed by atoms with van der Waals surface area (Å²) in [7, 11) is 0. The molecule has 0 radical (unpaired) electrons. The van der Waals surface area contributed by atoms with E-state index in [9.17, 15) is 4.79 Å². The number of carbonyl (C=O) groups excluding carboxylic acids is 1. The maximum Gasteiger partial charge on any atom is 0.233 e. The molecule has 0 aromatic rings. The summed E-state index contributed by atoms with van der Waals surface area (Å²) in [4.78, 5) is 11.7. The molecule has 5 heteroatoms. The molecular formula is C11H25ClN2OS. The average molecular weight is 269 g/mol. The van der Waals surface area contributed by atoms with Gasteiger partial charge >= 0.3 is 0 Å². The summed E-state index contributed by atoms with van der Waals surface area (Å²) in [5.41, 5.74) is 5.46. The van der Waals surface area contributed by atoms with Crippen LogP contribution in [-0.2, 0) is 4.79 Å². The Morgan fingerprint density at radius 2 is 1.94 bits per heavy atom. The highest BCUT2D eigenvalue weighted by Gasteiger charge is 2.27. The van der Waals surface area contributed by atoms with Crippen molar-refractivity contribution in [2.24, 2.45) is 11.7 Å². The standard InChI is InChI=1S/C11H24N2OS.ClH/c1-8(2)6-11(4,7-12)13-10(14)9(3)15-5;/h8-9H,6-7,12H2,1-5H3,(H,13,14);1H. The van der Waals surface area contributed by atoms with Gasteiger partial charge in [0.1, 0.15) is 0 Å². The summed E-state index contributed by atoms with van der Waals surface area (Å²) in [5, 5.41) is 3.03. The first-order valence-electron chi connectivity index (χ1n) is 5.39. The second kappa shape index (κ2) is 8.20. The van der Waals surface area contributed by atoms with Gasteiger partial charge in [0.15, 0.2) is 0 Å². The Morgan fingerprint density at radius 3 is 2.25 bits per heavy atom. The molecule has 3 N–H and O–H groups in total.